The molecule has 0 aromatic heterocycles. The molecular formula is C18H30O4. The molecule has 2 atom stereocenters. The number of carbonyl (C=O) groups excluding carboxylic acids is 1. The fraction of sp³-hybridized carbons (Fsp3) is 0.778. The van der Waals surface area contributed by atoms with Crippen LogP contribution in [0.25, 0.3) is 0 Å². The van der Waals surface area contributed by atoms with Crippen LogP contribution in [-0.2, 0) is 14.3 Å². The van der Waals surface area contributed by atoms with Crippen molar-refractivity contribution in [1.29, 1.82) is 0 Å². The summed E-state index contributed by atoms with van der Waals surface area (Å²) in [4.78, 5) is 22.7. The van der Waals surface area contributed by atoms with Crippen LogP contribution in [0.3, 0.4) is 0 Å². The Hall–Kier alpha value is -1.32. The Morgan fingerprint density at radius 3 is 2.05 bits per heavy atom. The predicted molar refractivity (Wildman–Crippen MR) is 86.6 cm³/mol. The van der Waals surface area contributed by atoms with Crippen molar-refractivity contribution in [3.8, 4) is 0 Å². The SMILES string of the molecule is CCCCCCCCCCOC(=O)C1C=CC(C(=O)O)CC1. The summed E-state index contributed by atoms with van der Waals surface area (Å²) >= 11 is 0. The van der Waals surface area contributed by atoms with Crippen molar-refractivity contribution in [2.45, 2.75) is 71.1 Å². The highest BCUT2D eigenvalue weighted by Crippen LogP contribution is 2.23. The van der Waals surface area contributed by atoms with Gasteiger partial charge in [0.25, 0.3) is 0 Å². The summed E-state index contributed by atoms with van der Waals surface area (Å²) in [6.45, 7) is 2.71. The molecule has 1 N–H and O–H groups in total. The van der Waals surface area contributed by atoms with Crippen molar-refractivity contribution in [2.75, 3.05) is 6.61 Å². The van der Waals surface area contributed by atoms with Gasteiger partial charge in [-0.05, 0) is 19.3 Å². The molecule has 22 heavy (non-hydrogen) atoms. The Bertz CT molecular complexity index is 362. The van der Waals surface area contributed by atoms with E-state index in [0.717, 1.165) is 12.8 Å². The third-order valence-corrected chi connectivity index (χ3v) is 4.23. The zero-order chi connectivity index (χ0) is 16.2. The second-order valence-electron chi connectivity index (χ2n) is 6.16. The van der Waals surface area contributed by atoms with Crippen LogP contribution in [-0.4, -0.2) is 23.7 Å². The van der Waals surface area contributed by atoms with E-state index < -0.39 is 11.9 Å². The maximum absolute atomic E-state index is 11.9. The molecule has 0 amide bonds. The Morgan fingerprint density at radius 2 is 1.50 bits per heavy atom. The lowest BCUT2D eigenvalue weighted by molar-refractivity contribution is -0.148. The molecule has 0 bridgehead atoms. The van der Waals surface area contributed by atoms with E-state index in [9.17, 15) is 9.59 Å². The number of carboxylic acids is 1. The van der Waals surface area contributed by atoms with Gasteiger partial charge in [-0.25, -0.2) is 0 Å². The van der Waals surface area contributed by atoms with Crippen LogP contribution in [0.1, 0.15) is 71.1 Å². The van der Waals surface area contributed by atoms with Crippen LogP contribution in [0.5, 0.6) is 0 Å². The zero-order valence-corrected chi connectivity index (χ0v) is 13.8. The number of hydrogen-bond donors (Lipinski definition) is 1. The molecule has 4 heteroatoms. The minimum Gasteiger partial charge on any atom is -0.481 e. The molecule has 0 aromatic carbocycles. The number of ether oxygens (including phenoxy) is 1. The second kappa shape index (κ2) is 11.3. The summed E-state index contributed by atoms with van der Waals surface area (Å²) < 4.78 is 5.28. The minimum absolute atomic E-state index is 0.206. The quantitative estimate of drug-likeness (QED) is 0.350. The van der Waals surface area contributed by atoms with E-state index in [1.807, 2.05) is 0 Å². The van der Waals surface area contributed by atoms with Crippen LogP contribution >= 0.6 is 0 Å². The lowest BCUT2D eigenvalue weighted by Gasteiger charge is -2.19. The van der Waals surface area contributed by atoms with Crippen molar-refractivity contribution in [3.05, 3.63) is 12.2 Å². The molecule has 0 aliphatic heterocycles. The normalized spacial score (nSPS) is 20.8. The molecule has 0 saturated heterocycles. The van der Waals surface area contributed by atoms with Gasteiger partial charge in [-0.3, -0.25) is 9.59 Å². The van der Waals surface area contributed by atoms with Gasteiger partial charge in [0.2, 0.25) is 0 Å². The average molecular weight is 310 g/mol. The van der Waals surface area contributed by atoms with Crippen LogP contribution in [0.15, 0.2) is 12.2 Å². The van der Waals surface area contributed by atoms with Gasteiger partial charge in [-0.2, -0.15) is 0 Å². The van der Waals surface area contributed by atoms with Gasteiger partial charge in [-0.15, -0.1) is 0 Å². The highest BCUT2D eigenvalue weighted by molar-refractivity contribution is 5.77. The summed E-state index contributed by atoms with van der Waals surface area (Å²) in [6.07, 6.45) is 14.2. The van der Waals surface area contributed by atoms with Crippen molar-refractivity contribution in [2.24, 2.45) is 11.8 Å². The van der Waals surface area contributed by atoms with E-state index in [1.165, 1.54) is 38.5 Å². The Labute approximate surface area is 133 Å². The van der Waals surface area contributed by atoms with Gasteiger partial charge in [0, 0.05) is 0 Å². The molecule has 0 radical (unpaired) electrons. The summed E-state index contributed by atoms with van der Waals surface area (Å²) in [6, 6.07) is 0. The Kier molecular flexibility index (Phi) is 9.60. The fourth-order valence-corrected chi connectivity index (χ4v) is 2.74. The highest BCUT2D eigenvalue weighted by Gasteiger charge is 2.25. The van der Waals surface area contributed by atoms with E-state index in [-0.39, 0.29) is 11.9 Å². The second-order valence-corrected chi connectivity index (χ2v) is 6.16. The van der Waals surface area contributed by atoms with Crippen molar-refractivity contribution >= 4 is 11.9 Å². The van der Waals surface area contributed by atoms with Crippen molar-refractivity contribution < 1.29 is 19.4 Å². The first kappa shape index (κ1) is 18.7. The largest absolute Gasteiger partial charge is 0.481 e. The molecule has 0 aromatic rings. The van der Waals surface area contributed by atoms with E-state index >= 15 is 0 Å². The van der Waals surface area contributed by atoms with Crippen LogP contribution in [0.2, 0.25) is 0 Å². The molecule has 2 unspecified atom stereocenters. The monoisotopic (exact) mass is 310 g/mol. The summed E-state index contributed by atoms with van der Waals surface area (Å²) in [5.74, 6) is -1.73. The zero-order valence-electron chi connectivity index (χ0n) is 13.8. The van der Waals surface area contributed by atoms with E-state index in [0.29, 0.717) is 19.4 Å². The van der Waals surface area contributed by atoms with Gasteiger partial charge in [0.1, 0.15) is 0 Å². The Balaban J connectivity index is 2.02. The molecule has 126 valence electrons. The van der Waals surface area contributed by atoms with Gasteiger partial charge in [0.15, 0.2) is 0 Å². The Morgan fingerprint density at radius 1 is 0.955 bits per heavy atom. The summed E-state index contributed by atoms with van der Waals surface area (Å²) in [5.41, 5.74) is 0. The van der Waals surface area contributed by atoms with Crippen molar-refractivity contribution in [3.63, 3.8) is 0 Å². The number of carbonyl (C=O) groups is 2. The molecule has 0 spiro atoms. The van der Waals surface area contributed by atoms with E-state index in [4.69, 9.17) is 9.84 Å². The maximum atomic E-state index is 11.9. The lowest BCUT2D eigenvalue weighted by Crippen LogP contribution is -2.23. The molecule has 4 nitrogen and oxygen atoms in total. The number of rotatable bonds is 11. The van der Waals surface area contributed by atoms with Crippen LogP contribution < -0.4 is 0 Å². The van der Waals surface area contributed by atoms with Gasteiger partial charge < -0.3 is 9.84 Å². The average Bonchev–Trinajstić information content (AvgIpc) is 2.53. The fourth-order valence-electron chi connectivity index (χ4n) is 2.74. The number of aliphatic carboxylic acids is 1. The van der Waals surface area contributed by atoms with Gasteiger partial charge in [0.05, 0.1) is 18.4 Å². The predicted octanol–water partition coefficient (Wildman–Crippen LogP) is 4.34. The third kappa shape index (κ3) is 7.62. The number of esters is 1. The number of hydrogen-bond acceptors (Lipinski definition) is 3. The van der Waals surface area contributed by atoms with Crippen molar-refractivity contribution in [1.82, 2.24) is 0 Å². The van der Waals surface area contributed by atoms with E-state index in [2.05, 4.69) is 6.92 Å². The first-order valence-corrected chi connectivity index (χ1v) is 8.73. The highest BCUT2D eigenvalue weighted by atomic mass is 16.5. The third-order valence-electron chi connectivity index (χ3n) is 4.23. The minimum atomic E-state index is -0.818. The number of unbranched alkanes of at least 4 members (excludes halogenated alkanes) is 7. The van der Waals surface area contributed by atoms with Gasteiger partial charge >= 0.3 is 11.9 Å². The number of carboxylic acid groups (broad SMARTS) is 1. The molecular weight excluding hydrogens is 280 g/mol. The van der Waals surface area contributed by atoms with E-state index in [1.54, 1.807) is 12.2 Å². The molecule has 1 rings (SSSR count). The topological polar surface area (TPSA) is 63.6 Å². The molecule has 0 heterocycles. The standard InChI is InChI=1S/C18H30O4/c1-2-3-4-5-6-7-8-9-14-22-18(21)16-12-10-15(11-13-16)17(19)20/h10,12,15-16H,2-9,11,13-14H2,1H3,(H,19,20). The molecule has 0 fully saturated rings. The van der Waals surface area contributed by atoms with Crippen LogP contribution in [0.4, 0.5) is 0 Å². The van der Waals surface area contributed by atoms with Crippen LogP contribution in [0, 0.1) is 11.8 Å². The smallest absolute Gasteiger partial charge is 0.312 e. The van der Waals surface area contributed by atoms with Gasteiger partial charge in [-0.1, -0.05) is 64.0 Å². The molecule has 1 aliphatic carbocycles. The first-order valence-electron chi connectivity index (χ1n) is 8.73. The molecule has 1 aliphatic rings. The molecule has 0 saturated carbocycles. The first-order chi connectivity index (χ1) is 10.6. The maximum Gasteiger partial charge on any atom is 0.312 e. The summed E-state index contributed by atoms with van der Waals surface area (Å²) in [7, 11) is 0. The summed E-state index contributed by atoms with van der Waals surface area (Å²) in [5, 5.41) is 8.89. The lowest BCUT2D eigenvalue weighted by atomic mass is 9.89.